The molecule has 1 fully saturated rings. The number of benzene rings is 2. The first-order chi connectivity index (χ1) is 14.5. The van der Waals surface area contributed by atoms with E-state index in [1.54, 1.807) is 36.4 Å². The fourth-order valence-electron chi connectivity index (χ4n) is 3.34. The van der Waals surface area contributed by atoms with Crippen LogP contribution in [0.2, 0.25) is 0 Å². The molecule has 1 aliphatic heterocycles. The van der Waals surface area contributed by atoms with Crippen LogP contribution in [0.1, 0.15) is 12.1 Å². The van der Waals surface area contributed by atoms with E-state index in [0.717, 1.165) is 0 Å². The first kappa shape index (κ1) is 19.6. The van der Waals surface area contributed by atoms with Crippen LogP contribution in [0.5, 0.6) is 5.75 Å². The highest BCUT2D eigenvalue weighted by Gasteiger charge is 2.37. The monoisotopic (exact) mass is 410 g/mol. The summed E-state index contributed by atoms with van der Waals surface area (Å²) in [4.78, 5) is 26.4. The van der Waals surface area contributed by atoms with Gasteiger partial charge in [0.2, 0.25) is 5.91 Å². The Morgan fingerprint density at radius 3 is 2.77 bits per heavy atom. The third kappa shape index (κ3) is 4.03. The molecule has 1 atom stereocenters. The van der Waals surface area contributed by atoms with Gasteiger partial charge in [-0.3, -0.25) is 9.59 Å². The second kappa shape index (κ2) is 8.36. The van der Waals surface area contributed by atoms with E-state index in [4.69, 9.17) is 14.0 Å². The maximum atomic E-state index is 13.0. The normalized spacial score (nSPS) is 16.0. The average molecular weight is 410 g/mol. The summed E-state index contributed by atoms with van der Waals surface area (Å²) in [5.41, 5.74) is 1.71. The number of ether oxygens (including phenoxy) is 2. The van der Waals surface area contributed by atoms with Crippen LogP contribution in [-0.2, 0) is 20.9 Å². The summed E-state index contributed by atoms with van der Waals surface area (Å²) in [6.07, 6.45) is 0.0660. The van der Waals surface area contributed by atoms with Crippen LogP contribution in [0.15, 0.2) is 59.1 Å². The third-order valence-electron chi connectivity index (χ3n) is 4.88. The highest BCUT2D eigenvalue weighted by Crippen LogP contribution is 2.33. The van der Waals surface area contributed by atoms with E-state index in [2.05, 4.69) is 5.16 Å². The van der Waals surface area contributed by atoms with Gasteiger partial charge in [-0.1, -0.05) is 17.3 Å². The summed E-state index contributed by atoms with van der Waals surface area (Å²) in [5, 5.41) is 3.87. The van der Waals surface area contributed by atoms with E-state index in [0.29, 0.717) is 28.5 Å². The minimum absolute atomic E-state index is 0.0660. The molecular weight excluding hydrogens is 391 g/mol. The summed E-state index contributed by atoms with van der Waals surface area (Å²) in [6.45, 7) is 0.139. The summed E-state index contributed by atoms with van der Waals surface area (Å²) in [6, 6.07) is 14.6. The summed E-state index contributed by atoms with van der Waals surface area (Å²) in [7, 11) is 1.53. The van der Waals surface area contributed by atoms with Gasteiger partial charge in [0.1, 0.15) is 23.9 Å². The predicted octanol–water partition coefficient (Wildman–Crippen LogP) is 3.59. The van der Waals surface area contributed by atoms with Crippen molar-refractivity contribution < 1.29 is 28.0 Å². The standard InChI is InChI=1S/C22H19FN2O5/c1-28-19-5-3-2-4-18(19)25-12-15(10-21(25)26)22(27)29-13-17-11-20(30-24-17)14-6-8-16(23)9-7-14/h2-9,11,15H,10,12-13H2,1H3/t15-/m1/s1. The van der Waals surface area contributed by atoms with Crippen molar-refractivity contribution in [3.05, 3.63) is 66.1 Å². The SMILES string of the molecule is COc1ccccc1N1C[C@H](C(=O)OCc2cc(-c3ccc(F)cc3)on2)CC1=O. The molecule has 1 amide bonds. The number of hydrogen-bond donors (Lipinski definition) is 0. The van der Waals surface area contributed by atoms with Gasteiger partial charge in [0.05, 0.1) is 18.7 Å². The Morgan fingerprint density at radius 1 is 1.23 bits per heavy atom. The number of anilines is 1. The number of halogens is 1. The summed E-state index contributed by atoms with van der Waals surface area (Å²) < 4.78 is 28.9. The highest BCUT2D eigenvalue weighted by atomic mass is 19.1. The molecule has 0 aliphatic carbocycles. The number of methoxy groups -OCH3 is 1. The maximum Gasteiger partial charge on any atom is 0.311 e. The van der Waals surface area contributed by atoms with Crippen molar-refractivity contribution in [3.63, 3.8) is 0 Å². The Kier molecular flexibility index (Phi) is 5.47. The molecule has 154 valence electrons. The van der Waals surface area contributed by atoms with Gasteiger partial charge in [0.25, 0.3) is 0 Å². The number of amides is 1. The summed E-state index contributed by atoms with van der Waals surface area (Å²) in [5.74, 6) is -0.560. The second-order valence-corrected chi connectivity index (χ2v) is 6.87. The minimum Gasteiger partial charge on any atom is -0.495 e. The van der Waals surface area contributed by atoms with Crippen molar-refractivity contribution in [1.82, 2.24) is 5.16 Å². The number of rotatable bonds is 6. The van der Waals surface area contributed by atoms with Gasteiger partial charge in [-0.05, 0) is 36.4 Å². The average Bonchev–Trinajstić information content (AvgIpc) is 3.39. The van der Waals surface area contributed by atoms with E-state index in [1.807, 2.05) is 6.07 Å². The molecule has 30 heavy (non-hydrogen) atoms. The smallest absolute Gasteiger partial charge is 0.311 e. The van der Waals surface area contributed by atoms with Gasteiger partial charge in [-0.25, -0.2) is 4.39 Å². The van der Waals surface area contributed by atoms with Crippen molar-refractivity contribution in [2.24, 2.45) is 5.92 Å². The third-order valence-corrected chi connectivity index (χ3v) is 4.88. The zero-order valence-electron chi connectivity index (χ0n) is 16.2. The molecule has 7 nitrogen and oxygen atoms in total. The molecule has 1 aromatic heterocycles. The van der Waals surface area contributed by atoms with Crippen LogP contribution < -0.4 is 9.64 Å². The molecule has 0 N–H and O–H groups in total. The quantitative estimate of drug-likeness (QED) is 0.578. The van der Waals surface area contributed by atoms with E-state index in [-0.39, 0.29) is 31.3 Å². The molecule has 8 heteroatoms. The number of esters is 1. The van der Waals surface area contributed by atoms with Crippen molar-refractivity contribution in [2.75, 3.05) is 18.6 Å². The molecule has 0 spiro atoms. The first-order valence-electron chi connectivity index (χ1n) is 9.36. The topological polar surface area (TPSA) is 81.9 Å². The Labute approximate surface area is 172 Å². The van der Waals surface area contributed by atoms with E-state index < -0.39 is 11.9 Å². The molecule has 1 aliphatic rings. The van der Waals surface area contributed by atoms with Crippen LogP contribution >= 0.6 is 0 Å². The number of nitrogens with zero attached hydrogens (tertiary/aromatic N) is 2. The van der Waals surface area contributed by atoms with Gasteiger partial charge in [-0.2, -0.15) is 0 Å². The molecule has 1 saturated heterocycles. The van der Waals surface area contributed by atoms with Gasteiger partial charge in [0.15, 0.2) is 5.76 Å². The largest absolute Gasteiger partial charge is 0.495 e. The minimum atomic E-state index is -0.578. The van der Waals surface area contributed by atoms with Crippen LogP contribution in [0, 0.1) is 11.7 Å². The number of aromatic nitrogens is 1. The van der Waals surface area contributed by atoms with Gasteiger partial charge in [-0.15, -0.1) is 0 Å². The Bertz CT molecular complexity index is 1060. The lowest BCUT2D eigenvalue weighted by Gasteiger charge is -2.19. The van der Waals surface area contributed by atoms with Crippen LogP contribution in [0.3, 0.4) is 0 Å². The van der Waals surface area contributed by atoms with Gasteiger partial charge < -0.3 is 18.9 Å². The first-order valence-corrected chi connectivity index (χ1v) is 9.36. The Balaban J connectivity index is 1.37. The fraction of sp³-hybridized carbons (Fsp3) is 0.227. The molecule has 2 heterocycles. The number of para-hydroxylation sites is 2. The van der Waals surface area contributed by atoms with Crippen molar-refractivity contribution in [2.45, 2.75) is 13.0 Å². The lowest BCUT2D eigenvalue weighted by Crippen LogP contribution is -2.26. The number of carbonyl (C=O) groups is 2. The lowest BCUT2D eigenvalue weighted by molar-refractivity contribution is -0.149. The van der Waals surface area contributed by atoms with E-state index in [9.17, 15) is 14.0 Å². The second-order valence-electron chi connectivity index (χ2n) is 6.87. The molecule has 0 radical (unpaired) electrons. The predicted molar refractivity (Wildman–Crippen MR) is 105 cm³/mol. The molecule has 0 saturated carbocycles. The molecule has 4 rings (SSSR count). The van der Waals surface area contributed by atoms with Crippen LogP contribution in [0.25, 0.3) is 11.3 Å². The molecule has 0 unspecified atom stereocenters. The zero-order valence-corrected chi connectivity index (χ0v) is 16.2. The Morgan fingerprint density at radius 2 is 2.00 bits per heavy atom. The van der Waals surface area contributed by atoms with Gasteiger partial charge in [0, 0.05) is 24.6 Å². The maximum absolute atomic E-state index is 13.0. The number of carbonyl (C=O) groups excluding carboxylic acids is 2. The molecule has 3 aromatic rings. The van der Waals surface area contributed by atoms with Crippen molar-refractivity contribution in [3.8, 4) is 17.1 Å². The molecular formula is C22H19FN2O5. The van der Waals surface area contributed by atoms with E-state index in [1.165, 1.54) is 24.1 Å². The fourth-order valence-corrected chi connectivity index (χ4v) is 3.34. The number of hydrogen-bond acceptors (Lipinski definition) is 6. The Hall–Kier alpha value is -3.68. The summed E-state index contributed by atoms with van der Waals surface area (Å²) >= 11 is 0. The highest BCUT2D eigenvalue weighted by molar-refractivity contribution is 6.00. The lowest BCUT2D eigenvalue weighted by atomic mass is 10.1. The van der Waals surface area contributed by atoms with Crippen LogP contribution in [-0.4, -0.2) is 30.7 Å². The zero-order chi connectivity index (χ0) is 21.1. The molecule has 0 bridgehead atoms. The van der Waals surface area contributed by atoms with Crippen LogP contribution in [0.4, 0.5) is 10.1 Å². The van der Waals surface area contributed by atoms with Gasteiger partial charge >= 0.3 is 5.97 Å². The molecule has 2 aromatic carbocycles. The van der Waals surface area contributed by atoms with Crippen molar-refractivity contribution in [1.29, 1.82) is 0 Å². The van der Waals surface area contributed by atoms with E-state index >= 15 is 0 Å². The van der Waals surface area contributed by atoms with Crippen molar-refractivity contribution >= 4 is 17.6 Å².